The van der Waals surface area contributed by atoms with E-state index in [1.54, 1.807) is 6.07 Å². The van der Waals surface area contributed by atoms with Gasteiger partial charge in [0.1, 0.15) is 18.3 Å². The lowest BCUT2D eigenvalue weighted by molar-refractivity contribution is -0.385. The molecule has 2 aromatic rings. The summed E-state index contributed by atoms with van der Waals surface area (Å²) in [4.78, 5) is 12.3. The van der Waals surface area contributed by atoms with Crippen molar-refractivity contribution in [1.82, 2.24) is 0 Å². The van der Waals surface area contributed by atoms with Crippen molar-refractivity contribution < 1.29 is 25.0 Å². The van der Waals surface area contributed by atoms with Gasteiger partial charge < -0.3 is 25.4 Å². The van der Waals surface area contributed by atoms with E-state index in [-0.39, 0.29) is 12.3 Å². The first-order valence-corrected chi connectivity index (χ1v) is 8.70. The van der Waals surface area contributed by atoms with E-state index in [2.05, 4.69) is 5.32 Å². The Morgan fingerprint density at radius 2 is 1.81 bits per heavy atom. The summed E-state index contributed by atoms with van der Waals surface area (Å²) in [6.45, 7) is -0.156. The molecule has 1 heterocycles. The summed E-state index contributed by atoms with van der Waals surface area (Å²) in [5.74, 6) is 0. The Labute approximate surface area is 153 Å². The molecular weight excluding hydrogens is 360 g/mol. The fourth-order valence-electron chi connectivity index (χ4n) is 2.55. The van der Waals surface area contributed by atoms with E-state index < -0.39 is 29.5 Å². The monoisotopic (exact) mass is 378 g/mol. The highest BCUT2D eigenvalue weighted by molar-refractivity contribution is 7.99. The minimum absolute atomic E-state index is 0.112. The van der Waals surface area contributed by atoms with Crippen LogP contribution in [-0.4, -0.2) is 51.4 Å². The first-order chi connectivity index (χ1) is 12.4. The Hall–Kier alpha value is -2.17. The van der Waals surface area contributed by atoms with Crippen molar-refractivity contribution in [2.45, 2.75) is 34.3 Å². The lowest BCUT2D eigenvalue weighted by Gasteiger charge is -2.35. The summed E-state index contributed by atoms with van der Waals surface area (Å²) in [6, 6.07) is 13.9. The van der Waals surface area contributed by atoms with Crippen LogP contribution in [0.25, 0.3) is 0 Å². The van der Waals surface area contributed by atoms with Crippen molar-refractivity contribution in [3.63, 3.8) is 0 Å². The van der Waals surface area contributed by atoms with Crippen molar-refractivity contribution in [2.24, 2.45) is 0 Å². The predicted octanol–water partition coefficient (Wildman–Crippen LogP) is 1.60. The Kier molecular flexibility index (Phi) is 5.74. The standard InChI is InChI=1S/C17H18N2O6S/c20-14-9-25-17(16(22)15(14)21)18-10-6-11(19(23)24)8-13(7-10)26-12-4-2-1-3-5-12/h1-8,14-18,20-22H,9H2. The van der Waals surface area contributed by atoms with Crippen LogP contribution in [0, 0.1) is 10.1 Å². The SMILES string of the molecule is O=[N+]([O-])c1cc(NC2OCC(O)C(O)C2O)cc(Sc2ccccc2)c1. The van der Waals surface area contributed by atoms with Crippen LogP contribution < -0.4 is 5.32 Å². The molecule has 8 nitrogen and oxygen atoms in total. The maximum atomic E-state index is 11.2. The summed E-state index contributed by atoms with van der Waals surface area (Å²) in [5, 5.41) is 43.3. The van der Waals surface area contributed by atoms with E-state index in [0.29, 0.717) is 10.6 Å². The Morgan fingerprint density at radius 3 is 2.50 bits per heavy atom. The lowest BCUT2D eigenvalue weighted by atomic mass is 10.0. The number of benzene rings is 2. The molecule has 1 fully saturated rings. The van der Waals surface area contributed by atoms with E-state index in [0.717, 1.165) is 4.90 Å². The molecule has 26 heavy (non-hydrogen) atoms. The number of nitrogens with zero attached hydrogens (tertiary/aromatic N) is 1. The van der Waals surface area contributed by atoms with E-state index in [9.17, 15) is 25.4 Å². The molecule has 4 unspecified atom stereocenters. The number of non-ortho nitro benzene ring substituents is 1. The van der Waals surface area contributed by atoms with Gasteiger partial charge in [0.05, 0.1) is 11.5 Å². The largest absolute Gasteiger partial charge is 0.388 e. The molecule has 0 amide bonds. The number of nitro benzene ring substituents is 1. The average molecular weight is 378 g/mol. The molecule has 0 saturated carbocycles. The van der Waals surface area contributed by atoms with Crippen molar-refractivity contribution >= 4 is 23.1 Å². The molecule has 0 spiro atoms. The molecule has 1 saturated heterocycles. The number of nitrogens with one attached hydrogen (secondary N) is 1. The second-order valence-electron chi connectivity index (χ2n) is 5.83. The van der Waals surface area contributed by atoms with Crippen molar-refractivity contribution in [3.8, 4) is 0 Å². The van der Waals surface area contributed by atoms with Gasteiger partial charge >= 0.3 is 0 Å². The molecule has 1 aliphatic rings. The predicted molar refractivity (Wildman–Crippen MR) is 95.0 cm³/mol. The van der Waals surface area contributed by atoms with E-state index in [1.807, 2.05) is 30.3 Å². The minimum Gasteiger partial charge on any atom is -0.388 e. The second-order valence-corrected chi connectivity index (χ2v) is 6.98. The average Bonchev–Trinajstić information content (AvgIpc) is 2.63. The Bertz CT molecular complexity index is 775. The van der Waals surface area contributed by atoms with Crippen LogP contribution in [0.4, 0.5) is 11.4 Å². The highest BCUT2D eigenvalue weighted by atomic mass is 32.2. The number of aliphatic hydroxyl groups is 3. The first kappa shape index (κ1) is 18.6. The summed E-state index contributed by atoms with van der Waals surface area (Å²) in [6.07, 6.45) is -4.91. The third-order valence-electron chi connectivity index (χ3n) is 3.89. The van der Waals surface area contributed by atoms with E-state index in [1.165, 1.54) is 23.9 Å². The molecule has 3 rings (SSSR count). The first-order valence-electron chi connectivity index (χ1n) is 7.89. The number of hydrogen-bond acceptors (Lipinski definition) is 8. The van der Waals surface area contributed by atoms with Gasteiger partial charge in [0.15, 0.2) is 6.23 Å². The number of nitro groups is 1. The second kappa shape index (κ2) is 8.02. The number of ether oxygens (including phenoxy) is 1. The molecule has 138 valence electrons. The molecule has 2 aromatic carbocycles. The van der Waals surface area contributed by atoms with Gasteiger partial charge in [0.2, 0.25) is 0 Å². The van der Waals surface area contributed by atoms with Crippen LogP contribution in [0.1, 0.15) is 0 Å². The zero-order chi connectivity index (χ0) is 18.7. The molecule has 4 N–H and O–H groups in total. The molecule has 4 atom stereocenters. The van der Waals surface area contributed by atoms with E-state index >= 15 is 0 Å². The number of hydrogen-bond donors (Lipinski definition) is 4. The van der Waals surface area contributed by atoms with Gasteiger partial charge in [0.25, 0.3) is 5.69 Å². The molecule has 1 aliphatic heterocycles. The molecule has 0 bridgehead atoms. The molecular formula is C17H18N2O6S. The zero-order valence-corrected chi connectivity index (χ0v) is 14.4. The number of rotatable bonds is 5. The topological polar surface area (TPSA) is 125 Å². The number of aliphatic hydroxyl groups excluding tert-OH is 3. The van der Waals surface area contributed by atoms with Crippen LogP contribution in [0.15, 0.2) is 58.3 Å². The third-order valence-corrected chi connectivity index (χ3v) is 4.87. The lowest BCUT2D eigenvalue weighted by Crippen LogP contribution is -2.55. The van der Waals surface area contributed by atoms with Crippen LogP contribution in [0.2, 0.25) is 0 Å². The number of anilines is 1. The fraction of sp³-hybridized carbons (Fsp3) is 0.294. The van der Waals surface area contributed by atoms with Crippen molar-refractivity contribution in [3.05, 3.63) is 58.6 Å². The summed E-state index contributed by atoms with van der Waals surface area (Å²) < 4.78 is 5.29. The van der Waals surface area contributed by atoms with Crippen LogP contribution >= 0.6 is 11.8 Å². The highest BCUT2D eigenvalue weighted by Gasteiger charge is 2.37. The smallest absolute Gasteiger partial charge is 0.272 e. The third kappa shape index (κ3) is 4.32. The summed E-state index contributed by atoms with van der Waals surface area (Å²) in [5.41, 5.74) is 0.254. The van der Waals surface area contributed by atoms with E-state index in [4.69, 9.17) is 4.74 Å². The van der Waals surface area contributed by atoms with Crippen molar-refractivity contribution in [1.29, 1.82) is 0 Å². The molecule has 0 radical (unpaired) electrons. The minimum atomic E-state index is -1.37. The van der Waals surface area contributed by atoms with Gasteiger partial charge in [-0.05, 0) is 18.2 Å². The molecule has 9 heteroatoms. The Morgan fingerprint density at radius 1 is 1.08 bits per heavy atom. The molecule has 0 aromatic heterocycles. The van der Waals surface area contributed by atoms with Crippen LogP contribution in [-0.2, 0) is 4.74 Å². The molecule has 0 aliphatic carbocycles. The van der Waals surface area contributed by atoms with Gasteiger partial charge in [0, 0.05) is 27.6 Å². The maximum absolute atomic E-state index is 11.2. The van der Waals surface area contributed by atoms with Crippen LogP contribution in [0.3, 0.4) is 0 Å². The normalized spacial score (nSPS) is 25.7. The highest BCUT2D eigenvalue weighted by Crippen LogP contribution is 2.33. The quantitative estimate of drug-likeness (QED) is 0.457. The van der Waals surface area contributed by atoms with Crippen LogP contribution in [0.5, 0.6) is 0 Å². The summed E-state index contributed by atoms with van der Waals surface area (Å²) >= 11 is 1.36. The van der Waals surface area contributed by atoms with Gasteiger partial charge in [-0.25, -0.2) is 0 Å². The van der Waals surface area contributed by atoms with Crippen molar-refractivity contribution in [2.75, 3.05) is 11.9 Å². The van der Waals surface area contributed by atoms with Gasteiger partial charge in [-0.2, -0.15) is 0 Å². The van der Waals surface area contributed by atoms with Gasteiger partial charge in [-0.15, -0.1) is 0 Å². The van der Waals surface area contributed by atoms with Gasteiger partial charge in [-0.1, -0.05) is 30.0 Å². The Balaban J connectivity index is 1.83. The summed E-state index contributed by atoms with van der Waals surface area (Å²) in [7, 11) is 0. The fourth-order valence-corrected chi connectivity index (χ4v) is 3.48. The maximum Gasteiger partial charge on any atom is 0.272 e. The van der Waals surface area contributed by atoms with Gasteiger partial charge in [-0.3, -0.25) is 10.1 Å². The zero-order valence-electron chi connectivity index (χ0n) is 13.6.